The minimum Gasteiger partial charge on any atom is -0.495 e. The van der Waals surface area contributed by atoms with Crippen molar-refractivity contribution in [2.45, 2.75) is 24.3 Å². The molecule has 0 aromatic heterocycles. The summed E-state index contributed by atoms with van der Waals surface area (Å²) < 4.78 is 46.4. The number of nitrogens with zero attached hydrogens (tertiary/aromatic N) is 1. The zero-order valence-electron chi connectivity index (χ0n) is 14.7. The summed E-state index contributed by atoms with van der Waals surface area (Å²) in [4.78, 5) is 14.0. The van der Waals surface area contributed by atoms with E-state index in [0.717, 1.165) is 0 Å². The summed E-state index contributed by atoms with van der Waals surface area (Å²) in [5, 5.41) is 0.234. The van der Waals surface area contributed by atoms with Gasteiger partial charge in [-0.05, 0) is 55.3 Å². The summed E-state index contributed by atoms with van der Waals surface area (Å²) in [6.45, 7) is 1.93. The molecular weight excluding hydrogens is 395 g/mol. The molecule has 0 aliphatic carbocycles. The van der Waals surface area contributed by atoms with Gasteiger partial charge in [-0.25, -0.2) is 12.8 Å². The van der Waals surface area contributed by atoms with Crippen LogP contribution < -0.4 is 14.4 Å². The van der Waals surface area contributed by atoms with Crippen LogP contribution in [0.2, 0.25) is 5.02 Å². The minimum absolute atomic E-state index is 0.128. The number of amides is 1. The van der Waals surface area contributed by atoms with Gasteiger partial charge < -0.3 is 9.64 Å². The molecule has 1 unspecified atom stereocenters. The second kappa shape index (κ2) is 7.46. The highest BCUT2D eigenvalue weighted by Gasteiger charge is 2.36. The number of methoxy groups -OCH3 is 1. The van der Waals surface area contributed by atoms with Crippen molar-refractivity contribution in [1.29, 1.82) is 0 Å². The summed E-state index contributed by atoms with van der Waals surface area (Å²) in [6, 6.07) is 7.64. The van der Waals surface area contributed by atoms with E-state index in [1.165, 1.54) is 42.3 Å². The molecule has 1 saturated heterocycles. The molecule has 1 fully saturated rings. The molecule has 2 aromatic carbocycles. The lowest BCUT2D eigenvalue weighted by atomic mass is 10.2. The average Bonchev–Trinajstić information content (AvgIpc) is 2.97. The number of carbonyl (C=O) groups is 1. The fourth-order valence-corrected chi connectivity index (χ4v) is 4.61. The Labute approximate surface area is 161 Å². The van der Waals surface area contributed by atoms with Gasteiger partial charge in [-0.1, -0.05) is 11.6 Å². The van der Waals surface area contributed by atoms with E-state index >= 15 is 0 Å². The van der Waals surface area contributed by atoms with Crippen LogP contribution in [-0.4, -0.2) is 34.0 Å². The fourth-order valence-electron chi connectivity index (χ4n) is 2.95. The zero-order valence-corrected chi connectivity index (χ0v) is 16.3. The third kappa shape index (κ3) is 3.92. The van der Waals surface area contributed by atoms with Crippen LogP contribution in [0, 0.1) is 12.7 Å². The van der Waals surface area contributed by atoms with Gasteiger partial charge in [-0.2, -0.15) is 4.72 Å². The third-order valence-electron chi connectivity index (χ3n) is 4.37. The molecule has 1 aliphatic heterocycles. The highest BCUT2D eigenvalue weighted by atomic mass is 35.5. The van der Waals surface area contributed by atoms with Crippen LogP contribution in [0.15, 0.2) is 41.3 Å². The number of anilines is 1. The second-order valence-corrected chi connectivity index (χ2v) is 8.30. The SMILES string of the molecule is COc1ccc(Cl)cc1S(=O)(=O)NC1CCN(c2ccc(F)c(C)c2)C1=O. The first-order valence-corrected chi connectivity index (χ1v) is 10.0. The topological polar surface area (TPSA) is 75.7 Å². The van der Waals surface area contributed by atoms with Crippen molar-refractivity contribution in [1.82, 2.24) is 4.72 Å². The van der Waals surface area contributed by atoms with Crippen molar-refractivity contribution >= 4 is 33.2 Å². The van der Waals surface area contributed by atoms with Gasteiger partial charge in [-0.3, -0.25) is 4.79 Å². The van der Waals surface area contributed by atoms with Crippen molar-refractivity contribution in [2.24, 2.45) is 0 Å². The largest absolute Gasteiger partial charge is 0.495 e. The van der Waals surface area contributed by atoms with Crippen molar-refractivity contribution in [2.75, 3.05) is 18.6 Å². The molecule has 1 aliphatic rings. The molecule has 0 bridgehead atoms. The fraction of sp³-hybridized carbons (Fsp3) is 0.278. The highest BCUT2D eigenvalue weighted by molar-refractivity contribution is 7.89. The number of ether oxygens (including phenoxy) is 1. The van der Waals surface area contributed by atoms with E-state index in [1.54, 1.807) is 13.0 Å². The monoisotopic (exact) mass is 412 g/mol. The quantitative estimate of drug-likeness (QED) is 0.819. The number of hydrogen-bond donors (Lipinski definition) is 1. The number of aryl methyl sites for hydroxylation is 1. The first-order chi connectivity index (χ1) is 12.7. The Morgan fingerprint density at radius 3 is 2.67 bits per heavy atom. The Hall–Kier alpha value is -2.16. The highest BCUT2D eigenvalue weighted by Crippen LogP contribution is 2.29. The molecule has 2 aromatic rings. The zero-order chi connectivity index (χ0) is 19.8. The molecule has 27 heavy (non-hydrogen) atoms. The van der Waals surface area contributed by atoms with E-state index in [4.69, 9.17) is 16.3 Å². The lowest BCUT2D eigenvalue weighted by molar-refractivity contribution is -0.118. The normalized spacial score (nSPS) is 17.4. The molecule has 1 amide bonds. The maximum atomic E-state index is 13.5. The van der Waals surface area contributed by atoms with E-state index in [2.05, 4.69) is 4.72 Å². The van der Waals surface area contributed by atoms with E-state index in [9.17, 15) is 17.6 Å². The molecular formula is C18H18ClFN2O4S. The lowest BCUT2D eigenvalue weighted by Crippen LogP contribution is -2.41. The first-order valence-electron chi connectivity index (χ1n) is 8.16. The Morgan fingerprint density at radius 1 is 1.26 bits per heavy atom. The number of benzene rings is 2. The van der Waals surface area contributed by atoms with E-state index in [0.29, 0.717) is 17.8 Å². The molecule has 9 heteroatoms. The van der Waals surface area contributed by atoms with Crippen molar-refractivity contribution in [3.05, 3.63) is 52.8 Å². The summed E-state index contributed by atoms with van der Waals surface area (Å²) >= 11 is 5.90. The molecule has 144 valence electrons. The molecule has 0 radical (unpaired) electrons. The van der Waals surface area contributed by atoms with Crippen molar-refractivity contribution in [3.8, 4) is 5.75 Å². The summed E-state index contributed by atoms with van der Waals surface area (Å²) in [5.74, 6) is -0.635. The predicted octanol–water partition coefficient (Wildman–Crippen LogP) is 2.88. The molecule has 0 saturated carbocycles. The third-order valence-corrected chi connectivity index (χ3v) is 6.10. The number of hydrogen-bond acceptors (Lipinski definition) is 4. The standard InChI is InChI=1S/C18H18ClFN2O4S/c1-11-9-13(4-5-14(11)20)22-8-7-15(18(22)23)21-27(24,25)17-10-12(19)3-6-16(17)26-2/h3-6,9-10,15,21H,7-8H2,1-2H3. The molecule has 1 N–H and O–H groups in total. The van der Waals surface area contributed by atoms with Gasteiger partial charge in [0.2, 0.25) is 15.9 Å². The summed E-state index contributed by atoms with van der Waals surface area (Å²) in [7, 11) is -2.68. The number of nitrogens with one attached hydrogen (secondary N) is 1. The van der Waals surface area contributed by atoms with Crippen LogP contribution in [-0.2, 0) is 14.8 Å². The van der Waals surface area contributed by atoms with Crippen molar-refractivity contribution in [3.63, 3.8) is 0 Å². The van der Waals surface area contributed by atoms with Crippen LogP contribution >= 0.6 is 11.6 Å². The van der Waals surface area contributed by atoms with Gasteiger partial charge in [0.25, 0.3) is 0 Å². The van der Waals surface area contributed by atoms with Crippen LogP contribution in [0.4, 0.5) is 10.1 Å². The lowest BCUT2D eigenvalue weighted by Gasteiger charge is -2.18. The second-order valence-electron chi connectivity index (χ2n) is 6.18. The maximum absolute atomic E-state index is 13.5. The summed E-state index contributed by atoms with van der Waals surface area (Å²) in [6.07, 6.45) is 0.289. The van der Waals surface area contributed by atoms with Gasteiger partial charge >= 0.3 is 0 Å². The molecule has 3 rings (SSSR count). The van der Waals surface area contributed by atoms with E-state index < -0.39 is 22.0 Å². The van der Waals surface area contributed by atoms with Crippen LogP contribution in [0.1, 0.15) is 12.0 Å². The van der Waals surface area contributed by atoms with Crippen molar-refractivity contribution < 1.29 is 22.3 Å². The van der Waals surface area contributed by atoms with Gasteiger partial charge in [-0.15, -0.1) is 0 Å². The minimum atomic E-state index is -4.03. The predicted molar refractivity (Wildman–Crippen MR) is 100 cm³/mol. The Morgan fingerprint density at radius 2 is 2.00 bits per heavy atom. The Balaban J connectivity index is 1.83. The molecule has 0 spiro atoms. The molecule has 1 heterocycles. The average molecular weight is 413 g/mol. The van der Waals surface area contributed by atoms with Gasteiger partial charge in [0.15, 0.2) is 0 Å². The maximum Gasteiger partial charge on any atom is 0.245 e. The van der Waals surface area contributed by atoms with Gasteiger partial charge in [0, 0.05) is 17.3 Å². The molecule has 6 nitrogen and oxygen atoms in total. The summed E-state index contributed by atoms with van der Waals surface area (Å²) in [5.41, 5.74) is 0.939. The Kier molecular flexibility index (Phi) is 5.41. The number of halogens is 2. The Bertz CT molecular complexity index is 997. The smallest absolute Gasteiger partial charge is 0.245 e. The van der Waals surface area contributed by atoms with Gasteiger partial charge in [0.1, 0.15) is 22.5 Å². The van der Waals surface area contributed by atoms with Gasteiger partial charge in [0.05, 0.1) is 7.11 Å². The molecule has 1 atom stereocenters. The van der Waals surface area contributed by atoms with E-state index in [-0.39, 0.29) is 27.9 Å². The van der Waals surface area contributed by atoms with Crippen LogP contribution in [0.3, 0.4) is 0 Å². The first kappa shape index (κ1) is 19.6. The number of rotatable bonds is 5. The van der Waals surface area contributed by atoms with Crippen LogP contribution in [0.5, 0.6) is 5.75 Å². The van der Waals surface area contributed by atoms with E-state index in [1.807, 2.05) is 0 Å². The van der Waals surface area contributed by atoms with Crippen LogP contribution in [0.25, 0.3) is 0 Å². The number of sulfonamides is 1. The number of carbonyl (C=O) groups excluding carboxylic acids is 1.